The van der Waals surface area contributed by atoms with Crippen LogP contribution in [0.15, 0.2) is 18.2 Å². The molecule has 2 saturated heterocycles. The zero-order valence-electron chi connectivity index (χ0n) is 17.5. The SMILES string of the molecule is O=C(c1cc(NC2CCN(C3CCCCC3O)CC2)ccc1[N+](=O)[O-])N1CCCC1. The van der Waals surface area contributed by atoms with Crippen LogP contribution in [0.1, 0.15) is 61.7 Å². The zero-order chi connectivity index (χ0) is 21.1. The molecular weight excluding hydrogens is 384 g/mol. The van der Waals surface area contributed by atoms with Gasteiger partial charge in [0, 0.05) is 50.0 Å². The maximum atomic E-state index is 12.8. The number of carbonyl (C=O) groups excluding carboxylic acids is 1. The van der Waals surface area contributed by atoms with E-state index >= 15 is 0 Å². The Hall–Kier alpha value is -2.19. The first-order valence-corrected chi connectivity index (χ1v) is 11.3. The van der Waals surface area contributed by atoms with Crippen molar-refractivity contribution in [1.29, 1.82) is 0 Å². The fourth-order valence-electron chi connectivity index (χ4n) is 5.18. The monoisotopic (exact) mass is 416 g/mol. The molecule has 1 amide bonds. The van der Waals surface area contributed by atoms with Crippen molar-refractivity contribution >= 4 is 17.3 Å². The van der Waals surface area contributed by atoms with Crippen LogP contribution in [0.2, 0.25) is 0 Å². The Kier molecular flexibility index (Phi) is 6.53. The number of rotatable bonds is 5. The molecule has 4 rings (SSSR count). The Labute approximate surface area is 177 Å². The Morgan fingerprint density at radius 2 is 1.73 bits per heavy atom. The number of piperidine rings is 1. The zero-order valence-corrected chi connectivity index (χ0v) is 17.5. The maximum absolute atomic E-state index is 12.8. The lowest BCUT2D eigenvalue weighted by Crippen LogP contribution is -2.50. The molecule has 2 aliphatic heterocycles. The molecule has 2 atom stereocenters. The second-order valence-electron chi connectivity index (χ2n) is 8.86. The number of nitro benzene ring substituents is 1. The largest absolute Gasteiger partial charge is 0.391 e. The number of likely N-dealkylation sites (tertiary alicyclic amines) is 2. The highest BCUT2D eigenvalue weighted by atomic mass is 16.6. The number of aliphatic hydroxyl groups is 1. The standard InChI is InChI=1S/C22H32N4O4/c27-21-6-2-1-5-20(21)24-13-9-16(10-14-24)23-17-7-8-19(26(29)30)18(15-17)22(28)25-11-3-4-12-25/h7-8,15-16,20-21,23,27H,1-6,9-14H2. The summed E-state index contributed by atoms with van der Waals surface area (Å²) in [4.78, 5) is 27.9. The number of hydrogen-bond acceptors (Lipinski definition) is 6. The van der Waals surface area contributed by atoms with Crippen molar-refractivity contribution in [2.45, 2.75) is 69.6 Å². The normalized spacial score (nSPS) is 26.0. The summed E-state index contributed by atoms with van der Waals surface area (Å²) < 4.78 is 0. The summed E-state index contributed by atoms with van der Waals surface area (Å²) >= 11 is 0. The van der Waals surface area contributed by atoms with Gasteiger partial charge in [-0.05, 0) is 50.7 Å². The molecule has 30 heavy (non-hydrogen) atoms. The lowest BCUT2D eigenvalue weighted by molar-refractivity contribution is -0.385. The van der Waals surface area contributed by atoms with Crippen molar-refractivity contribution in [2.24, 2.45) is 0 Å². The molecule has 2 unspecified atom stereocenters. The predicted molar refractivity (Wildman–Crippen MR) is 115 cm³/mol. The van der Waals surface area contributed by atoms with Gasteiger partial charge < -0.3 is 15.3 Å². The van der Waals surface area contributed by atoms with Crippen LogP contribution < -0.4 is 5.32 Å². The van der Waals surface area contributed by atoms with Crippen molar-refractivity contribution in [2.75, 3.05) is 31.5 Å². The fraction of sp³-hybridized carbons (Fsp3) is 0.682. The van der Waals surface area contributed by atoms with Gasteiger partial charge >= 0.3 is 0 Å². The highest BCUT2D eigenvalue weighted by molar-refractivity contribution is 5.99. The van der Waals surface area contributed by atoms with Crippen LogP contribution >= 0.6 is 0 Å². The molecule has 8 nitrogen and oxygen atoms in total. The van der Waals surface area contributed by atoms with Crippen molar-refractivity contribution in [3.05, 3.63) is 33.9 Å². The number of aliphatic hydroxyl groups excluding tert-OH is 1. The fourth-order valence-corrected chi connectivity index (χ4v) is 5.18. The van der Waals surface area contributed by atoms with Crippen LogP contribution in [-0.2, 0) is 0 Å². The van der Waals surface area contributed by atoms with Crippen molar-refractivity contribution in [3.63, 3.8) is 0 Å². The average molecular weight is 417 g/mol. The molecule has 1 saturated carbocycles. The number of hydrogen-bond donors (Lipinski definition) is 2. The summed E-state index contributed by atoms with van der Waals surface area (Å²) in [6.07, 6.45) is 7.88. The molecule has 1 aromatic rings. The summed E-state index contributed by atoms with van der Waals surface area (Å²) in [5.74, 6) is -0.246. The Balaban J connectivity index is 1.40. The van der Waals surface area contributed by atoms with Crippen LogP contribution in [0.4, 0.5) is 11.4 Å². The van der Waals surface area contributed by atoms with Crippen molar-refractivity contribution < 1.29 is 14.8 Å². The van der Waals surface area contributed by atoms with Crippen LogP contribution in [0.3, 0.4) is 0 Å². The van der Waals surface area contributed by atoms with Crippen LogP contribution in [-0.4, -0.2) is 70.1 Å². The molecule has 8 heteroatoms. The molecule has 0 bridgehead atoms. The van der Waals surface area contributed by atoms with E-state index in [4.69, 9.17) is 0 Å². The summed E-state index contributed by atoms with van der Waals surface area (Å²) in [7, 11) is 0. The van der Waals surface area contributed by atoms with E-state index in [1.807, 2.05) is 0 Å². The third-order valence-corrected chi connectivity index (χ3v) is 6.88. The Bertz CT molecular complexity index is 772. The molecule has 3 aliphatic rings. The third-order valence-electron chi connectivity index (χ3n) is 6.88. The molecule has 0 spiro atoms. The van der Waals surface area contributed by atoms with Gasteiger partial charge in [-0.2, -0.15) is 0 Å². The smallest absolute Gasteiger partial charge is 0.282 e. The number of nitrogens with one attached hydrogen (secondary N) is 1. The van der Waals surface area contributed by atoms with Crippen molar-refractivity contribution in [3.8, 4) is 0 Å². The van der Waals surface area contributed by atoms with E-state index in [0.29, 0.717) is 13.1 Å². The van der Waals surface area contributed by atoms with E-state index in [2.05, 4.69) is 10.2 Å². The van der Waals surface area contributed by atoms with Crippen LogP contribution in [0.5, 0.6) is 0 Å². The molecule has 1 aliphatic carbocycles. The number of nitro groups is 1. The van der Waals surface area contributed by atoms with E-state index in [-0.39, 0.29) is 35.3 Å². The topological polar surface area (TPSA) is 99.0 Å². The Morgan fingerprint density at radius 1 is 1.03 bits per heavy atom. The molecular formula is C22H32N4O4. The minimum atomic E-state index is -0.471. The van der Waals surface area contributed by atoms with E-state index in [1.54, 1.807) is 17.0 Å². The average Bonchev–Trinajstić information content (AvgIpc) is 3.29. The number of benzene rings is 1. The highest BCUT2D eigenvalue weighted by Gasteiger charge is 2.32. The first kappa shape index (κ1) is 21.1. The van der Waals surface area contributed by atoms with Gasteiger partial charge in [-0.1, -0.05) is 12.8 Å². The van der Waals surface area contributed by atoms with E-state index < -0.39 is 4.92 Å². The van der Waals surface area contributed by atoms with Gasteiger partial charge in [0.25, 0.3) is 11.6 Å². The summed E-state index contributed by atoms with van der Waals surface area (Å²) in [6.45, 7) is 3.20. The molecule has 2 heterocycles. The predicted octanol–water partition coefficient (Wildman–Crippen LogP) is 3.01. The third kappa shape index (κ3) is 4.59. The van der Waals surface area contributed by atoms with Crippen LogP contribution in [0.25, 0.3) is 0 Å². The van der Waals surface area contributed by atoms with Gasteiger partial charge in [0.05, 0.1) is 11.0 Å². The molecule has 0 radical (unpaired) electrons. The minimum Gasteiger partial charge on any atom is -0.391 e. The molecule has 2 N–H and O–H groups in total. The van der Waals surface area contributed by atoms with E-state index in [0.717, 1.165) is 63.7 Å². The first-order valence-electron chi connectivity index (χ1n) is 11.3. The van der Waals surface area contributed by atoms with Gasteiger partial charge in [0.2, 0.25) is 0 Å². The highest BCUT2D eigenvalue weighted by Crippen LogP contribution is 2.29. The minimum absolute atomic E-state index is 0.126. The lowest BCUT2D eigenvalue weighted by Gasteiger charge is -2.41. The number of anilines is 1. The molecule has 0 aromatic heterocycles. The summed E-state index contributed by atoms with van der Waals surface area (Å²) in [5.41, 5.74) is 0.813. The van der Waals surface area contributed by atoms with Gasteiger partial charge in [-0.25, -0.2) is 0 Å². The lowest BCUT2D eigenvalue weighted by atomic mass is 9.89. The van der Waals surface area contributed by atoms with Crippen LogP contribution in [0, 0.1) is 10.1 Å². The molecule has 164 valence electrons. The second-order valence-corrected chi connectivity index (χ2v) is 8.86. The van der Waals surface area contributed by atoms with Gasteiger partial charge in [0.15, 0.2) is 0 Å². The van der Waals surface area contributed by atoms with E-state index in [1.165, 1.54) is 12.5 Å². The van der Waals surface area contributed by atoms with E-state index in [9.17, 15) is 20.0 Å². The first-order chi connectivity index (χ1) is 14.5. The summed E-state index contributed by atoms with van der Waals surface area (Å²) in [5, 5.41) is 25.2. The molecule has 3 fully saturated rings. The second kappa shape index (κ2) is 9.31. The van der Waals surface area contributed by atoms with Gasteiger partial charge in [-0.3, -0.25) is 19.8 Å². The Morgan fingerprint density at radius 3 is 2.40 bits per heavy atom. The van der Waals surface area contributed by atoms with Gasteiger partial charge in [0.1, 0.15) is 5.56 Å². The van der Waals surface area contributed by atoms with Crippen molar-refractivity contribution in [1.82, 2.24) is 9.80 Å². The maximum Gasteiger partial charge on any atom is 0.282 e. The quantitative estimate of drug-likeness (QED) is 0.565. The molecule has 1 aromatic carbocycles. The number of carbonyl (C=O) groups is 1. The van der Waals surface area contributed by atoms with Gasteiger partial charge in [-0.15, -0.1) is 0 Å². The number of amides is 1. The summed E-state index contributed by atoms with van der Waals surface area (Å²) in [6, 6.07) is 5.34. The number of nitrogens with zero attached hydrogens (tertiary/aromatic N) is 3.